The normalized spacial score (nSPS) is 26.2. The molecule has 0 aromatic heterocycles. The van der Waals surface area contributed by atoms with Crippen molar-refractivity contribution in [2.75, 3.05) is 29.5 Å². The minimum atomic E-state index is -2.85. The molecule has 0 saturated carbocycles. The van der Waals surface area contributed by atoms with Gasteiger partial charge in [0.1, 0.15) is 0 Å². The number of benzene rings is 1. The van der Waals surface area contributed by atoms with Crippen molar-refractivity contribution in [2.45, 2.75) is 25.3 Å². The molecule has 0 spiro atoms. The molecule has 2 unspecified atom stereocenters. The van der Waals surface area contributed by atoms with Crippen molar-refractivity contribution in [2.24, 2.45) is 11.7 Å². The molecule has 0 radical (unpaired) electrons. The molecule has 20 heavy (non-hydrogen) atoms. The zero-order valence-electron chi connectivity index (χ0n) is 11.7. The second-order valence-electron chi connectivity index (χ2n) is 5.89. The molecule has 1 aromatic carbocycles. The van der Waals surface area contributed by atoms with Crippen LogP contribution >= 0.6 is 0 Å². The van der Waals surface area contributed by atoms with Gasteiger partial charge in [-0.15, -0.1) is 0 Å². The van der Waals surface area contributed by atoms with Crippen LogP contribution in [0.4, 0.5) is 5.69 Å². The van der Waals surface area contributed by atoms with Gasteiger partial charge < -0.3 is 10.6 Å². The van der Waals surface area contributed by atoms with Crippen molar-refractivity contribution in [1.82, 2.24) is 0 Å². The van der Waals surface area contributed by atoms with Crippen molar-refractivity contribution >= 4 is 15.5 Å². The van der Waals surface area contributed by atoms with Crippen molar-refractivity contribution in [1.29, 1.82) is 0 Å². The standard InChI is InChI=1S/C15H22N2O2S/c16-10-15(13-7-9-20(18,19)11-13)17-8-3-5-12-4-1-2-6-14(12)17/h1-2,4,6,13,15H,3,5,7-11,16H2. The number of rotatable bonds is 3. The van der Waals surface area contributed by atoms with E-state index in [9.17, 15) is 8.42 Å². The molecule has 5 heteroatoms. The van der Waals surface area contributed by atoms with E-state index in [1.807, 2.05) is 0 Å². The van der Waals surface area contributed by atoms with Crippen LogP contribution in [-0.2, 0) is 16.3 Å². The number of fused-ring (bicyclic) bond motifs is 1. The van der Waals surface area contributed by atoms with Crippen LogP contribution in [0.1, 0.15) is 18.4 Å². The highest BCUT2D eigenvalue weighted by Gasteiger charge is 2.37. The molecule has 2 aliphatic heterocycles. The average Bonchev–Trinajstić information content (AvgIpc) is 2.80. The topological polar surface area (TPSA) is 63.4 Å². The maximum atomic E-state index is 11.7. The van der Waals surface area contributed by atoms with Crippen LogP contribution in [-0.4, -0.2) is 39.1 Å². The lowest BCUT2D eigenvalue weighted by Crippen LogP contribution is -2.48. The first kappa shape index (κ1) is 13.9. The van der Waals surface area contributed by atoms with Crippen molar-refractivity contribution in [3.05, 3.63) is 29.8 Å². The van der Waals surface area contributed by atoms with E-state index in [2.05, 4.69) is 29.2 Å². The fourth-order valence-electron chi connectivity index (χ4n) is 3.61. The predicted molar refractivity (Wildman–Crippen MR) is 81.7 cm³/mol. The van der Waals surface area contributed by atoms with E-state index in [1.165, 1.54) is 11.3 Å². The van der Waals surface area contributed by atoms with Crippen LogP contribution in [0.15, 0.2) is 24.3 Å². The van der Waals surface area contributed by atoms with E-state index in [-0.39, 0.29) is 12.0 Å². The fraction of sp³-hybridized carbons (Fsp3) is 0.600. The van der Waals surface area contributed by atoms with Gasteiger partial charge in [0.05, 0.1) is 11.5 Å². The van der Waals surface area contributed by atoms with Gasteiger partial charge in [-0.3, -0.25) is 0 Å². The molecule has 4 nitrogen and oxygen atoms in total. The maximum Gasteiger partial charge on any atom is 0.150 e. The molecule has 0 aliphatic carbocycles. The van der Waals surface area contributed by atoms with Gasteiger partial charge in [-0.1, -0.05) is 18.2 Å². The smallest absolute Gasteiger partial charge is 0.150 e. The summed E-state index contributed by atoms with van der Waals surface area (Å²) < 4.78 is 23.5. The predicted octanol–water partition coefficient (Wildman–Crippen LogP) is 1.20. The Morgan fingerprint density at radius 3 is 2.85 bits per heavy atom. The SMILES string of the molecule is NCC(C1CCS(=O)(=O)C1)N1CCCc2ccccc21. The van der Waals surface area contributed by atoms with Gasteiger partial charge in [0, 0.05) is 24.8 Å². The van der Waals surface area contributed by atoms with Gasteiger partial charge in [-0.2, -0.15) is 0 Å². The average molecular weight is 294 g/mol. The third kappa shape index (κ3) is 2.56. The minimum Gasteiger partial charge on any atom is -0.367 e. The number of aryl methyl sites for hydroxylation is 1. The Morgan fingerprint density at radius 2 is 2.15 bits per heavy atom. The van der Waals surface area contributed by atoms with E-state index < -0.39 is 9.84 Å². The summed E-state index contributed by atoms with van der Waals surface area (Å²) in [5.74, 6) is 0.799. The van der Waals surface area contributed by atoms with Gasteiger partial charge in [0.15, 0.2) is 9.84 Å². The first-order chi connectivity index (χ1) is 9.61. The Balaban J connectivity index is 1.88. The third-order valence-electron chi connectivity index (χ3n) is 4.60. The number of nitrogens with zero attached hydrogens (tertiary/aromatic N) is 1. The Kier molecular flexibility index (Phi) is 3.73. The number of nitrogens with two attached hydrogens (primary N) is 1. The Morgan fingerprint density at radius 1 is 1.35 bits per heavy atom. The summed E-state index contributed by atoms with van der Waals surface area (Å²) in [6.07, 6.45) is 2.97. The van der Waals surface area contributed by atoms with Crippen LogP contribution in [0.25, 0.3) is 0 Å². The largest absolute Gasteiger partial charge is 0.367 e. The lowest BCUT2D eigenvalue weighted by atomic mass is 9.93. The fourth-order valence-corrected chi connectivity index (χ4v) is 5.48. The van der Waals surface area contributed by atoms with E-state index in [0.717, 1.165) is 25.8 Å². The maximum absolute atomic E-state index is 11.7. The molecular weight excluding hydrogens is 272 g/mol. The van der Waals surface area contributed by atoms with E-state index in [0.29, 0.717) is 18.1 Å². The lowest BCUT2D eigenvalue weighted by Gasteiger charge is -2.40. The Hall–Kier alpha value is -1.07. The molecule has 2 heterocycles. The second kappa shape index (κ2) is 5.37. The molecule has 110 valence electrons. The van der Waals surface area contributed by atoms with Gasteiger partial charge in [0.25, 0.3) is 0 Å². The zero-order valence-corrected chi connectivity index (χ0v) is 12.5. The highest BCUT2D eigenvalue weighted by molar-refractivity contribution is 7.91. The van der Waals surface area contributed by atoms with E-state index in [4.69, 9.17) is 5.73 Å². The van der Waals surface area contributed by atoms with Crippen LogP contribution in [0, 0.1) is 5.92 Å². The number of hydrogen-bond donors (Lipinski definition) is 1. The summed E-state index contributed by atoms with van der Waals surface area (Å²) in [4.78, 5) is 2.35. The highest BCUT2D eigenvalue weighted by atomic mass is 32.2. The molecule has 0 amide bonds. The number of anilines is 1. The van der Waals surface area contributed by atoms with Crippen LogP contribution in [0.2, 0.25) is 0 Å². The van der Waals surface area contributed by atoms with Crippen molar-refractivity contribution in [3.8, 4) is 0 Å². The molecular formula is C15H22N2O2S. The molecule has 1 saturated heterocycles. The van der Waals surface area contributed by atoms with Crippen LogP contribution in [0.3, 0.4) is 0 Å². The number of sulfone groups is 1. The zero-order chi connectivity index (χ0) is 14.2. The van der Waals surface area contributed by atoms with Gasteiger partial charge >= 0.3 is 0 Å². The second-order valence-corrected chi connectivity index (χ2v) is 8.12. The lowest BCUT2D eigenvalue weighted by molar-refractivity contribution is 0.427. The minimum absolute atomic E-state index is 0.147. The van der Waals surface area contributed by atoms with Crippen LogP contribution < -0.4 is 10.6 Å². The summed E-state index contributed by atoms with van der Waals surface area (Å²) in [7, 11) is -2.85. The monoisotopic (exact) mass is 294 g/mol. The Labute approximate surface area is 120 Å². The van der Waals surface area contributed by atoms with E-state index in [1.54, 1.807) is 0 Å². The first-order valence-electron chi connectivity index (χ1n) is 7.36. The Bertz CT molecular complexity index is 585. The molecule has 2 aliphatic rings. The van der Waals surface area contributed by atoms with Crippen LogP contribution in [0.5, 0.6) is 0 Å². The molecule has 2 atom stereocenters. The van der Waals surface area contributed by atoms with Crippen molar-refractivity contribution in [3.63, 3.8) is 0 Å². The number of hydrogen-bond acceptors (Lipinski definition) is 4. The number of para-hydroxylation sites is 1. The summed E-state index contributed by atoms with van der Waals surface area (Å²) in [6.45, 7) is 1.50. The molecule has 3 rings (SSSR count). The summed E-state index contributed by atoms with van der Waals surface area (Å²) in [6, 6.07) is 8.57. The molecule has 0 bridgehead atoms. The molecule has 1 aromatic rings. The van der Waals surface area contributed by atoms with Crippen molar-refractivity contribution < 1.29 is 8.42 Å². The first-order valence-corrected chi connectivity index (χ1v) is 9.18. The summed E-state index contributed by atoms with van der Waals surface area (Å²) in [5.41, 5.74) is 8.60. The summed E-state index contributed by atoms with van der Waals surface area (Å²) in [5, 5.41) is 0. The molecule has 2 N–H and O–H groups in total. The van der Waals surface area contributed by atoms with Gasteiger partial charge in [-0.05, 0) is 36.8 Å². The van der Waals surface area contributed by atoms with Gasteiger partial charge in [0.2, 0.25) is 0 Å². The third-order valence-corrected chi connectivity index (χ3v) is 6.39. The quantitative estimate of drug-likeness (QED) is 0.910. The highest BCUT2D eigenvalue weighted by Crippen LogP contribution is 2.33. The molecule has 1 fully saturated rings. The van der Waals surface area contributed by atoms with E-state index >= 15 is 0 Å². The van der Waals surface area contributed by atoms with Gasteiger partial charge in [-0.25, -0.2) is 8.42 Å². The summed E-state index contributed by atoms with van der Waals surface area (Å²) >= 11 is 0.